The van der Waals surface area contributed by atoms with E-state index in [-0.39, 0.29) is 25.5 Å². The second kappa shape index (κ2) is 4.62. The molecule has 24 heavy (non-hydrogen) atoms. The maximum Gasteiger partial charge on any atom is 0.249 e. The van der Waals surface area contributed by atoms with Gasteiger partial charge in [-0.3, -0.25) is 14.1 Å². The van der Waals surface area contributed by atoms with E-state index in [4.69, 9.17) is 0 Å². The number of alkyl halides is 2. The number of hydrogen-bond acceptors (Lipinski definition) is 5. The van der Waals surface area contributed by atoms with Crippen molar-refractivity contribution in [3.8, 4) is 0 Å². The number of anilines is 1. The fraction of sp³-hybridized carbons (Fsp3) is 0.643. The molecule has 0 radical (unpaired) electrons. The molecule has 0 bridgehead atoms. The minimum absolute atomic E-state index is 0.176. The number of nitrogens with zero attached hydrogens (tertiary/aromatic N) is 4. The summed E-state index contributed by atoms with van der Waals surface area (Å²) < 4.78 is 51.0. The fourth-order valence-electron chi connectivity index (χ4n) is 3.77. The Morgan fingerprint density at radius 1 is 1.21 bits per heavy atom. The molecular formula is C14H16F2N4O3S. The maximum atomic E-state index is 12.9. The van der Waals surface area contributed by atoms with Gasteiger partial charge >= 0.3 is 0 Å². The summed E-state index contributed by atoms with van der Waals surface area (Å²) in [7, 11) is -3.50. The third-order valence-corrected chi connectivity index (χ3v) is 6.10. The first-order chi connectivity index (χ1) is 11.1. The van der Waals surface area contributed by atoms with Gasteiger partial charge in [-0.05, 0) is 0 Å². The number of aromatic nitrogens is 2. The van der Waals surface area contributed by atoms with Crippen LogP contribution in [0.4, 0.5) is 14.6 Å². The Bertz CT molecular complexity index is 815. The average Bonchev–Trinajstić information content (AvgIpc) is 2.78. The van der Waals surface area contributed by atoms with E-state index in [0.29, 0.717) is 11.5 Å². The fourth-order valence-corrected chi connectivity index (χ4v) is 4.70. The summed E-state index contributed by atoms with van der Waals surface area (Å²) in [4.78, 5) is 22.2. The van der Waals surface area contributed by atoms with Crippen LogP contribution >= 0.6 is 0 Å². The zero-order valence-corrected chi connectivity index (χ0v) is 13.8. The van der Waals surface area contributed by atoms with Crippen molar-refractivity contribution in [2.75, 3.05) is 30.2 Å². The molecular weight excluding hydrogens is 342 g/mol. The first-order valence-electron chi connectivity index (χ1n) is 7.57. The third-order valence-electron chi connectivity index (χ3n) is 5.00. The summed E-state index contributed by atoms with van der Waals surface area (Å²) in [6, 6.07) is 0. The van der Waals surface area contributed by atoms with E-state index in [1.54, 1.807) is 0 Å². The smallest absolute Gasteiger partial charge is 0.249 e. The van der Waals surface area contributed by atoms with Gasteiger partial charge < -0.3 is 4.90 Å². The van der Waals surface area contributed by atoms with E-state index in [9.17, 15) is 22.0 Å². The molecule has 0 N–H and O–H groups in total. The van der Waals surface area contributed by atoms with Crippen molar-refractivity contribution < 1.29 is 22.0 Å². The van der Waals surface area contributed by atoms with Crippen LogP contribution < -0.4 is 4.31 Å². The lowest BCUT2D eigenvalue weighted by molar-refractivity contribution is -0.166. The molecule has 10 heteroatoms. The van der Waals surface area contributed by atoms with Crippen LogP contribution in [-0.4, -0.2) is 61.0 Å². The molecule has 2 fully saturated rings. The number of rotatable bonds is 2. The Morgan fingerprint density at radius 3 is 2.42 bits per heavy atom. The molecule has 130 valence electrons. The van der Waals surface area contributed by atoms with Gasteiger partial charge in [0.25, 0.3) is 0 Å². The molecule has 0 aromatic carbocycles. The van der Waals surface area contributed by atoms with Crippen LogP contribution in [-0.2, 0) is 20.2 Å². The zero-order valence-electron chi connectivity index (χ0n) is 12.9. The molecule has 3 heterocycles. The van der Waals surface area contributed by atoms with E-state index in [1.165, 1.54) is 21.6 Å². The number of hydrogen-bond donors (Lipinski definition) is 0. The lowest BCUT2D eigenvalue weighted by atomic mass is 9.75. The number of carbonyl (C=O) groups is 1. The van der Waals surface area contributed by atoms with E-state index in [0.717, 1.165) is 6.26 Å². The SMILES string of the molecule is CS(=O)(=O)N1CC2(CN(C(=O)C3CC(F)(F)C3)C2)c2nccnc21. The highest BCUT2D eigenvalue weighted by molar-refractivity contribution is 7.92. The zero-order chi connectivity index (χ0) is 17.3. The minimum atomic E-state index is -3.50. The number of amides is 1. The second-order valence-electron chi connectivity index (χ2n) is 6.93. The summed E-state index contributed by atoms with van der Waals surface area (Å²) in [6.45, 7) is 0.743. The molecule has 1 aliphatic carbocycles. The molecule has 1 aromatic heterocycles. The molecule has 0 unspecified atom stereocenters. The topological polar surface area (TPSA) is 83.5 Å². The first-order valence-corrected chi connectivity index (χ1v) is 9.42. The van der Waals surface area contributed by atoms with Crippen LogP contribution in [0, 0.1) is 5.92 Å². The van der Waals surface area contributed by atoms with Crippen LogP contribution in [0.1, 0.15) is 18.5 Å². The van der Waals surface area contributed by atoms with Crippen molar-refractivity contribution in [3.05, 3.63) is 18.1 Å². The second-order valence-corrected chi connectivity index (χ2v) is 8.84. The number of likely N-dealkylation sites (tertiary alicyclic amines) is 1. The maximum absolute atomic E-state index is 12.9. The Morgan fingerprint density at radius 2 is 1.83 bits per heavy atom. The van der Waals surface area contributed by atoms with Crippen molar-refractivity contribution in [2.24, 2.45) is 5.92 Å². The lowest BCUT2D eigenvalue weighted by Crippen LogP contribution is -2.65. The molecule has 4 rings (SSSR count). The predicted octanol–water partition coefficient (Wildman–Crippen LogP) is 0.381. The molecule has 1 amide bonds. The Hall–Kier alpha value is -1.84. The third kappa shape index (κ3) is 2.19. The summed E-state index contributed by atoms with van der Waals surface area (Å²) in [5, 5.41) is 0. The van der Waals surface area contributed by atoms with Gasteiger partial charge in [-0.1, -0.05) is 0 Å². The highest BCUT2D eigenvalue weighted by Gasteiger charge is 2.58. The summed E-state index contributed by atoms with van der Waals surface area (Å²) in [6.07, 6.45) is 3.21. The Balaban J connectivity index is 1.54. The van der Waals surface area contributed by atoms with Gasteiger partial charge in [0.15, 0.2) is 5.82 Å². The molecule has 3 aliphatic rings. The number of sulfonamides is 1. The number of fused-ring (bicyclic) bond motifs is 2. The molecule has 1 aromatic rings. The van der Waals surface area contributed by atoms with Crippen LogP contribution in [0.2, 0.25) is 0 Å². The van der Waals surface area contributed by atoms with Gasteiger partial charge in [-0.25, -0.2) is 22.2 Å². The van der Waals surface area contributed by atoms with Crippen LogP contribution in [0.25, 0.3) is 0 Å². The molecule has 1 saturated carbocycles. The van der Waals surface area contributed by atoms with E-state index < -0.39 is 40.1 Å². The Kier molecular flexibility index (Phi) is 3.02. The quantitative estimate of drug-likeness (QED) is 0.763. The van der Waals surface area contributed by atoms with Gasteiger partial charge in [-0.15, -0.1) is 0 Å². The lowest BCUT2D eigenvalue weighted by Gasteiger charge is -2.50. The van der Waals surface area contributed by atoms with E-state index in [1.807, 2.05) is 0 Å². The summed E-state index contributed by atoms with van der Waals surface area (Å²) in [5.41, 5.74) is -0.0346. The van der Waals surface area contributed by atoms with E-state index >= 15 is 0 Å². The van der Waals surface area contributed by atoms with Crippen molar-refractivity contribution >= 4 is 21.7 Å². The summed E-state index contributed by atoms with van der Waals surface area (Å²) in [5.74, 6) is -3.36. The van der Waals surface area contributed by atoms with Gasteiger partial charge in [0.1, 0.15) is 0 Å². The number of halogens is 2. The molecule has 1 saturated heterocycles. The van der Waals surface area contributed by atoms with E-state index in [2.05, 4.69) is 9.97 Å². The van der Waals surface area contributed by atoms with Gasteiger partial charge in [0.05, 0.1) is 23.9 Å². The van der Waals surface area contributed by atoms with Gasteiger partial charge in [-0.2, -0.15) is 0 Å². The van der Waals surface area contributed by atoms with Crippen LogP contribution in [0.3, 0.4) is 0 Å². The van der Waals surface area contributed by atoms with Crippen LogP contribution in [0.5, 0.6) is 0 Å². The normalized spacial score (nSPS) is 24.5. The van der Waals surface area contributed by atoms with Crippen molar-refractivity contribution in [2.45, 2.75) is 24.2 Å². The van der Waals surface area contributed by atoms with Crippen molar-refractivity contribution in [1.82, 2.24) is 14.9 Å². The van der Waals surface area contributed by atoms with Crippen molar-refractivity contribution in [1.29, 1.82) is 0 Å². The van der Waals surface area contributed by atoms with Gasteiger partial charge in [0.2, 0.25) is 21.9 Å². The highest BCUT2D eigenvalue weighted by Crippen LogP contribution is 2.48. The summed E-state index contributed by atoms with van der Waals surface area (Å²) >= 11 is 0. The van der Waals surface area contributed by atoms with Gasteiger partial charge in [0, 0.05) is 44.2 Å². The largest absolute Gasteiger partial charge is 0.340 e. The standard InChI is InChI=1S/C14H16F2N4O3S/c1-24(22,23)20-8-13(10-11(20)18-3-2-17-10)6-19(7-13)12(21)9-4-14(15,16)5-9/h2-3,9H,4-8H2,1H3. The monoisotopic (exact) mass is 358 g/mol. The Labute approximate surface area is 137 Å². The first kappa shape index (κ1) is 15.7. The molecule has 7 nitrogen and oxygen atoms in total. The molecule has 0 atom stereocenters. The average molecular weight is 358 g/mol. The predicted molar refractivity (Wildman–Crippen MR) is 80.2 cm³/mol. The number of carbonyl (C=O) groups excluding carboxylic acids is 1. The molecule has 1 spiro atoms. The highest BCUT2D eigenvalue weighted by atomic mass is 32.2. The van der Waals surface area contributed by atoms with Crippen LogP contribution in [0.15, 0.2) is 12.4 Å². The minimum Gasteiger partial charge on any atom is -0.340 e. The van der Waals surface area contributed by atoms with Crippen molar-refractivity contribution in [3.63, 3.8) is 0 Å². The molecule has 2 aliphatic heterocycles.